The minimum Gasteiger partial charge on any atom is -0.391 e. The van der Waals surface area contributed by atoms with Crippen molar-refractivity contribution in [3.63, 3.8) is 0 Å². The van der Waals surface area contributed by atoms with Gasteiger partial charge in [0.15, 0.2) is 0 Å². The van der Waals surface area contributed by atoms with Crippen molar-refractivity contribution in [2.45, 2.75) is 45.6 Å². The molecule has 1 saturated carbocycles. The fourth-order valence-electron chi connectivity index (χ4n) is 3.04. The summed E-state index contributed by atoms with van der Waals surface area (Å²) >= 11 is 0. The second-order valence-corrected chi connectivity index (χ2v) is 6.87. The van der Waals surface area contributed by atoms with E-state index in [1.54, 1.807) is 18.2 Å². The van der Waals surface area contributed by atoms with E-state index in [1.165, 1.54) is 17.2 Å². The van der Waals surface area contributed by atoms with Crippen LogP contribution in [0.1, 0.15) is 55.7 Å². The van der Waals surface area contributed by atoms with E-state index in [2.05, 4.69) is 43.3 Å². The molecule has 0 bridgehead atoms. The summed E-state index contributed by atoms with van der Waals surface area (Å²) in [6.45, 7) is 6.58. The summed E-state index contributed by atoms with van der Waals surface area (Å²) < 4.78 is 13.5. The van der Waals surface area contributed by atoms with Crippen molar-refractivity contribution in [2.75, 3.05) is 0 Å². The van der Waals surface area contributed by atoms with Gasteiger partial charge in [-0.15, -0.1) is 0 Å². The molecule has 2 nitrogen and oxygen atoms in total. The lowest BCUT2D eigenvalue weighted by atomic mass is 9.99. The highest BCUT2D eigenvalue weighted by atomic mass is 19.1. The number of nitrogens with zero attached hydrogens (tertiary/aromatic N) is 1. The number of hydrogen-bond acceptors (Lipinski definition) is 2. The molecule has 24 heavy (non-hydrogen) atoms. The van der Waals surface area contributed by atoms with E-state index in [-0.39, 0.29) is 12.4 Å². The van der Waals surface area contributed by atoms with Crippen LogP contribution in [0.2, 0.25) is 0 Å². The number of benzene rings is 2. The van der Waals surface area contributed by atoms with Gasteiger partial charge in [-0.3, -0.25) is 0 Å². The van der Waals surface area contributed by atoms with E-state index in [1.807, 2.05) is 6.92 Å². The predicted octanol–water partition coefficient (Wildman–Crippen LogP) is 5.65. The smallest absolute Gasteiger partial charge is 0.145 e. The van der Waals surface area contributed by atoms with Crippen LogP contribution < -0.4 is 0 Å². The maximum Gasteiger partial charge on any atom is 0.145 e. The zero-order valence-corrected chi connectivity index (χ0v) is 14.5. The third-order valence-electron chi connectivity index (χ3n) is 4.74. The molecule has 1 aliphatic carbocycles. The Bertz CT molecular complexity index is 721. The Labute approximate surface area is 143 Å². The van der Waals surface area contributed by atoms with Gasteiger partial charge < -0.3 is 4.84 Å². The lowest BCUT2D eigenvalue weighted by molar-refractivity contribution is 0.127. The van der Waals surface area contributed by atoms with Crippen LogP contribution in [0.15, 0.2) is 53.7 Å². The first-order valence-electron chi connectivity index (χ1n) is 8.56. The van der Waals surface area contributed by atoms with Gasteiger partial charge >= 0.3 is 0 Å². The lowest BCUT2D eigenvalue weighted by Crippen LogP contribution is -2.00. The van der Waals surface area contributed by atoms with Gasteiger partial charge in [-0.1, -0.05) is 61.5 Å². The van der Waals surface area contributed by atoms with E-state index in [0.717, 1.165) is 12.1 Å². The van der Waals surface area contributed by atoms with Gasteiger partial charge in [0.05, 0.1) is 5.71 Å². The minimum atomic E-state index is -0.250. The summed E-state index contributed by atoms with van der Waals surface area (Å²) in [5.41, 5.74) is 4.26. The van der Waals surface area contributed by atoms with E-state index in [0.29, 0.717) is 23.3 Å². The fraction of sp³-hybridized carbons (Fsp3) is 0.381. The first-order chi connectivity index (χ1) is 11.6. The van der Waals surface area contributed by atoms with Crippen LogP contribution in [0.4, 0.5) is 4.39 Å². The Morgan fingerprint density at radius 2 is 1.88 bits per heavy atom. The van der Waals surface area contributed by atoms with E-state index in [9.17, 15) is 4.39 Å². The largest absolute Gasteiger partial charge is 0.391 e. The average molecular weight is 325 g/mol. The van der Waals surface area contributed by atoms with Gasteiger partial charge in [0.2, 0.25) is 0 Å². The van der Waals surface area contributed by atoms with Crippen molar-refractivity contribution in [3.05, 3.63) is 71.0 Å². The SMILES string of the molecule is C/C(=N/OCc1ccccc1F)[C@@H]1C[C@H]1c1ccc(C(C)C)cc1. The highest BCUT2D eigenvalue weighted by Crippen LogP contribution is 2.48. The maximum absolute atomic E-state index is 13.5. The van der Waals surface area contributed by atoms with Crippen LogP contribution >= 0.6 is 0 Å². The quantitative estimate of drug-likeness (QED) is 0.497. The van der Waals surface area contributed by atoms with E-state index >= 15 is 0 Å². The second-order valence-electron chi connectivity index (χ2n) is 6.87. The summed E-state index contributed by atoms with van der Waals surface area (Å²) in [4.78, 5) is 5.35. The van der Waals surface area contributed by atoms with Gasteiger partial charge in [0.25, 0.3) is 0 Å². The van der Waals surface area contributed by atoms with Gasteiger partial charge in [-0.05, 0) is 42.4 Å². The summed E-state index contributed by atoms with van der Waals surface area (Å²) in [6.07, 6.45) is 1.11. The molecule has 0 radical (unpaired) electrons. The molecule has 0 spiro atoms. The molecular weight excluding hydrogens is 301 g/mol. The number of rotatable bonds is 6. The molecule has 1 aliphatic rings. The molecule has 1 fully saturated rings. The van der Waals surface area contributed by atoms with Crippen molar-refractivity contribution in [2.24, 2.45) is 11.1 Å². The predicted molar refractivity (Wildman–Crippen MR) is 95.7 cm³/mol. The Kier molecular flexibility index (Phi) is 4.98. The molecule has 0 unspecified atom stereocenters. The topological polar surface area (TPSA) is 21.6 Å². The summed E-state index contributed by atoms with van der Waals surface area (Å²) in [5, 5.41) is 4.19. The average Bonchev–Trinajstić information content (AvgIpc) is 3.37. The zero-order valence-electron chi connectivity index (χ0n) is 14.5. The monoisotopic (exact) mass is 325 g/mol. The minimum absolute atomic E-state index is 0.171. The van der Waals surface area contributed by atoms with Gasteiger partial charge in [0.1, 0.15) is 12.4 Å². The Balaban J connectivity index is 1.55. The molecule has 2 atom stereocenters. The second kappa shape index (κ2) is 7.16. The Hall–Kier alpha value is -2.16. The Morgan fingerprint density at radius 3 is 2.54 bits per heavy atom. The van der Waals surface area contributed by atoms with Crippen molar-refractivity contribution >= 4 is 5.71 Å². The lowest BCUT2D eigenvalue weighted by Gasteiger charge is -2.07. The van der Waals surface area contributed by atoms with E-state index in [4.69, 9.17) is 4.84 Å². The van der Waals surface area contributed by atoms with E-state index < -0.39 is 0 Å². The molecule has 3 rings (SSSR count). The summed E-state index contributed by atoms with van der Waals surface area (Å²) in [5.74, 6) is 1.28. The number of oxime groups is 1. The van der Waals surface area contributed by atoms with Crippen molar-refractivity contribution in [3.8, 4) is 0 Å². The number of hydrogen-bond donors (Lipinski definition) is 0. The first-order valence-corrected chi connectivity index (χ1v) is 8.56. The normalized spacial score (nSPS) is 20.3. The summed E-state index contributed by atoms with van der Waals surface area (Å²) in [7, 11) is 0. The molecule has 126 valence electrons. The molecule has 2 aromatic rings. The van der Waals surface area contributed by atoms with Crippen molar-refractivity contribution in [1.82, 2.24) is 0 Å². The van der Waals surface area contributed by atoms with Crippen LogP contribution in [0.25, 0.3) is 0 Å². The molecule has 0 aliphatic heterocycles. The summed E-state index contributed by atoms with van der Waals surface area (Å²) in [6, 6.07) is 15.5. The molecule has 2 aromatic carbocycles. The molecule has 0 N–H and O–H groups in total. The van der Waals surface area contributed by atoms with Crippen LogP contribution in [0.5, 0.6) is 0 Å². The third-order valence-corrected chi connectivity index (χ3v) is 4.74. The number of halogens is 1. The third kappa shape index (κ3) is 3.84. The molecule has 0 amide bonds. The van der Waals surface area contributed by atoms with Gasteiger partial charge in [-0.25, -0.2) is 4.39 Å². The van der Waals surface area contributed by atoms with Gasteiger partial charge in [-0.2, -0.15) is 0 Å². The molecule has 0 aromatic heterocycles. The first kappa shape index (κ1) is 16.7. The fourth-order valence-corrected chi connectivity index (χ4v) is 3.04. The Morgan fingerprint density at radius 1 is 1.17 bits per heavy atom. The maximum atomic E-state index is 13.5. The highest BCUT2D eigenvalue weighted by molar-refractivity contribution is 5.87. The van der Waals surface area contributed by atoms with Gasteiger partial charge in [0, 0.05) is 11.5 Å². The molecule has 3 heteroatoms. The molecule has 0 heterocycles. The molecule has 0 saturated heterocycles. The standard InChI is InChI=1S/C21H24FNO/c1-14(2)16-8-10-17(11-9-16)20-12-19(20)15(3)23-24-13-18-6-4-5-7-21(18)22/h4-11,14,19-20H,12-13H2,1-3H3/b23-15-/t19-,20-/m0/s1. The van der Waals surface area contributed by atoms with Crippen LogP contribution in [0, 0.1) is 11.7 Å². The zero-order chi connectivity index (χ0) is 17.1. The van der Waals surface area contributed by atoms with Crippen LogP contribution in [0.3, 0.4) is 0 Å². The van der Waals surface area contributed by atoms with Crippen molar-refractivity contribution < 1.29 is 9.23 Å². The van der Waals surface area contributed by atoms with Crippen LogP contribution in [-0.4, -0.2) is 5.71 Å². The highest BCUT2D eigenvalue weighted by Gasteiger charge is 2.40. The molecular formula is C21H24FNO. The van der Waals surface area contributed by atoms with Crippen LogP contribution in [-0.2, 0) is 11.4 Å². The van der Waals surface area contributed by atoms with Crippen molar-refractivity contribution in [1.29, 1.82) is 0 Å².